The Bertz CT molecular complexity index is 607. The van der Waals surface area contributed by atoms with Crippen LogP contribution in [-0.4, -0.2) is 23.6 Å². The Morgan fingerprint density at radius 1 is 1.15 bits per heavy atom. The number of aromatic nitrogens is 2. The number of nitrogens with one attached hydrogen (secondary N) is 1. The van der Waals surface area contributed by atoms with Crippen molar-refractivity contribution in [1.82, 2.24) is 9.97 Å². The number of hydrogen-bond acceptors (Lipinski definition) is 4. The summed E-state index contributed by atoms with van der Waals surface area (Å²) in [6, 6.07) is 7.30. The van der Waals surface area contributed by atoms with Gasteiger partial charge in [0.05, 0.1) is 7.11 Å². The number of benzene rings is 1. The number of nitrogens with zero attached hydrogens (tertiary/aromatic N) is 2. The molecule has 4 nitrogen and oxygen atoms in total. The van der Waals surface area contributed by atoms with Crippen molar-refractivity contribution in [3.8, 4) is 6.01 Å². The highest BCUT2D eigenvalue weighted by Crippen LogP contribution is 2.21. The maximum absolute atomic E-state index is 6.11. The normalized spacial score (nSPS) is 10.4. The van der Waals surface area contributed by atoms with Crippen LogP contribution in [0.4, 0.5) is 5.82 Å². The van der Waals surface area contributed by atoms with Crippen LogP contribution in [0, 0.1) is 0 Å². The SMILES string of the molecule is COc1nc(Cl)cc(NCCc2ccc(Cl)cc2Cl)n1. The standard InChI is InChI=1S/C13H12Cl3N3O/c1-20-13-18-11(16)7-12(19-13)17-5-4-8-2-3-9(14)6-10(8)15/h2-3,6-7H,4-5H2,1H3,(H,17,18,19). The van der Waals surface area contributed by atoms with E-state index in [0.717, 1.165) is 12.0 Å². The van der Waals surface area contributed by atoms with Gasteiger partial charge in [0.2, 0.25) is 0 Å². The van der Waals surface area contributed by atoms with Crippen LogP contribution in [0.25, 0.3) is 0 Å². The average Bonchev–Trinajstić information content (AvgIpc) is 2.40. The molecule has 0 amide bonds. The van der Waals surface area contributed by atoms with Crippen LogP contribution in [0.15, 0.2) is 24.3 Å². The van der Waals surface area contributed by atoms with Gasteiger partial charge in [0, 0.05) is 22.7 Å². The van der Waals surface area contributed by atoms with Crippen LogP contribution in [0.3, 0.4) is 0 Å². The van der Waals surface area contributed by atoms with Crippen LogP contribution < -0.4 is 10.1 Å². The van der Waals surface area contributed by atoms with Crippen molar-refractivity contribution in [3.63, 3.8) is 0 Å². The van der Waals surface area contributed by atoms with E-state index in [1.807, 2.05) is 12.1 Å². The summed E-state index contributed by atoms with van der Waals surface area (Å²) < 4.78 is 4.95. The molecule has 0 spiro atoms. The quantitative estimate of drug-likeness (QED) is 0.837. The highest BCUT2D eigenvalue weighted by Gasteiger charge is 2.04. The summed E-state index contributed by atoms with van der Waals surface area (Å²) in [6.07, 6.45) is 0.736. The van der Waals surface area contributed by atoms with Crippen molar-refractivity contribution >= 4 is 40.6 Å². The van der Waals surface area contributed by atoms with Gasteiger partial charge in [0.15, 0.2) is 0 Å². The Kier molecular flexibility index (Phi) is 5.29. The summed E-state index contributed by atoms with van der Waals surface area (Å²) >= 11 is 17.8. The molecule has 0 saturated heterocycles. The number of methoxy groups -OCH3 is 1. The first-order chi connectivity index (χ1) is 9.58. The Morgan fingerprint density at radius 3 is 2.65 bits per heavy atom. The summed E-state index contributed by atoms with van der Waals surface area (Å²) in [7, 11) is 1.49. The molecule has 0 saturated carbocycles. The van der Waals surface area contributed by atoms with Crippen LogP contribution in [0.2, 0.25) is 15.2 Å². The van der Waals surface area contributed by atoms with Crippen molar-refractivity contribution in [2.24, 2.45) is 0 Å². The van der Waals surface area contributed by atoms with Crippen LogP contribution in [0.1, 0.15) is 5.56 Å². The largest absolute Gasteiger partial charge is 0.467 e. The second-order valence-corrected chi connectivity index (χ2v) is 5.21. The van der Waals surface area contributed by atoms with Gasteiger partial charge in [-0.1, -0.05) is 40.9 Å². The Labute approximate surface area is 132 Å². The molecule has 0 aliphatic carbocycles. The van der Waals surface area contributed by atoms with E-state index in [1.165, 1.54) is 7.11 Å². The number of hydrogen-bond donors (Lipinski definition) is 1. The van der Waals surface area contributed by atoms with E-state index in [2.05, 4.69) is 15.3 Å². The van der Waals surface area contributed by atoms with Crippen LogP contribution in [-0.2, 0) is 6.42 Å². The molecule has 1 N–H and O–H groups in total. The minimum absolute atomic E-state index is 0.226. The first-order valence-corrected chi connectivity index (χ1v) is 6.98. The van der Waals surface area contributed by atoms with Gasteiger partial charge in [-0.3, -0.25) is 0 Å². The second kappa shape index (κ2) is 6.97. The third-order valence-electron chi connectivity index (χ3n) is 2.57. The molecule has 106 valence electrons. The number of anilines is 1. The Balaban J connectivity index is 1.97. The molecular formula is C13H12Cl3N3O. The fourth-order valence-corrected chi connectivity index (χ4v) is 2.31. The van der Waals surface area contributed by atoms with E-state index in [9.17, 15) is 0 Å². The molecular weight excluding hydrogens is 321 g/mol. The van der Waals surface area contributed by atoms with Crippen molar-refractivity contribution in [2.45, 2.75) is 6.42 Å². The van der Waals surface area contributed by atoms with Gasteiger partial charge >= 0.3 is 6.01 Å². The summed E-state index contributed by atoms with van der Waals surface area (Å²) in [6.45, 7) is 0.651. The maximum atomic E-state index is 6.11. The molecule has 0 atom stereocenters. The van der Waals surface area contributed by atoms with E-state index in [-0.39, 0.29) is 6.01 Å². The van der Waals surface area contributed by atoms with E-state index in [4.69, 9.17) is 39.5 Å². The zero-order chi connectivity index (χ0) is 14.5. The van der Waals surface area contributed by atoms with Gasteiger partial charge in [-0.05, 0) is 24.1 Å². The van der Waals surface area contributed by atoms with Crippen molar-refractivity contribution in [1.29, 1.82) is 0 Å². The fraction of sp³-hybridized carbons (Fsp3) is 0.231. The lowest BCUT2D eigenvalue weighted by Crippen LogP contribution is -2.07. The molecule has 0 unspecified atom stereocenters. The molecule has 20 heavy (non-hydrogen) atoms. The van der Waals surface area contributed by atoms with Gasteiger partial charge in [-0.25, -0.2) is 0 Å². The van der Waals surface area contributed by atoms with Gasteiger partial charge in [-0.2, -0.15) is 9.97 Å². The lowest BCUT2D eigenvalue weighted by atomic mass is 10.1. The lowest BCUT2D eigenvalue weighted by molar-refractivity contribution is 0.380. The molecule has 0 fully saturated rings. The molecule has 0 aliphatic heterocycles. The molecule has 1 aromatic carbocycles. The van der Waals surface area contributed by atoms with E-state index >= 15 is 0 Å². The molecule has 1 aromatic heterocycles. The Morgan fingerprint density at radius 2 is 1.95 bits per heavy atom. The molecule has 2 aromatic rings. The van der Waals surface area contributed by atoms with Gasteiger partial charge in [0.1, 0.15) is 11.0 Å². The van der Waals surface area contributed by atoms with E-state index < -0.39 is 0 Å². The predicted molar refractivity (Wildman–Crippen MR) is 82.2 cm³/mol. The maximum Gasteiger partial charge on any atom is 0.319 e. The Hall–Kier alpha value is -1.23. The summed E-state index contributed by atoms with van der Waals surface area (Å²) in [5.74, 6) is 0.604. The van der Waals surface area contributed by atoms with Crippen molar-refractivity contribution in [2.75, 3.05) is 19.0 Å². The molecule has 1 heterocycles. The molecule has 7 heteroatoms. The zero-order valence-corrected chi connectivity index (χ0v) is 12.9. The first-order valence-electron chi connectivity index (χ1n) is 5.85. The summed E-state index contributed by atoms with van der Waals surface area (Å²) in [5.41, 5.74) is 1.01. The fourth-order valence-electron chi connectivity index (χ4n) is 1.63. The lowest BCUT2D eigenvalue weighted by Gasteiger charge is -2.08. The molecule has 0 radical (unpaired) electrons. The van der Waals surface area contributed by atoms with Crippen LogP contribution >= 0.6 is 34.8 Å². The number of rotatable bonds is 5. The highest BCUT2D eigenvalue weighted by atomic mass is 35.5. The predicted octanol–water partition coefficient (Wildman–Crippen LogP) is 4.10. The minimum atomic E-state index is 0.226. The third kappa shape index (κ3) is 4.13. The first kappa shape index (κ1) is 15.2. The number of halogens is 3. The molecule has 2 rings (SSSR count). The highest BCUT2D eigenvalue weighted by molar-refractivity contribution is 6.35. The van der Waals surface area contributed by atoms with Crippen LogP contribution in [0.5, 0.6) is 6.01 Å². The topological polar surface area (TPSA) is 47.0 Å². The monoisotopic (exact) mass is 331 g/mol. The smallest absolute Gasteiger partial charge is 0.319 e. The average molecular weight is 333 g/mol. The second-order valence-electron chi connectivity index (χ2n) is 3.98. The van der Waals surface area contributed by atoms with Gasteiger partial charge in [0.25, 0.3) is 0 Å². The molecule has 0 bridgehead atoms. The number of ether oxygens (including phenoxy) is 1. The summed E-state index contributed by atoms with van der Waals surface area (Å²) in [5, 5.41) is 4.74. The van der Waals surface area contributed by atoms with E-state index in [1.54, 1.807) is 12.1 Å². The van der Waals surface area contributed by atoms with Crippen molar-refractivity contribution < 1.29 is 4.74 Å². The van der Waals surface area contributed by atoms with Gasteiger partial charge < -0.3 is 10.1 Å². The van der Waals surface area contributed by atoms with E-state index in [0.29, 0.717) is 27.6 Å². The summed E-state index contributed by atoms with van der Waals surface area (Å²) in [4.78, 5) is 8.04. The van der Waals surface area contributed by atoms with Gasteiger partial charge in [-0.15, -0.1) is 0 Å². The van der Waals surface area contributed by atoms with Crippen molar-refractivity contribution in [3.05, 3.63) is 45.0 Å². The zero-order valence-electron chi connectivity index (χ0n) is 10.7. The molecule has 0 aliphatic rings. The third-order valence-corrected chi connectivity index (χ3v) is 3.35. The minimum Gasteiger partial charge on any atom is -0.467 e.